The summed E-state index contributed by atoms with van der Waals surface area (Å²) >= 11 is 19.6. The molecule has 1 aliphatic heterocycles. The number of nitrogens with one attached hydrogen (secondary N) is 1. The van der Waals surface area contributed by atoms with Crippen LogP contribution in [0.15, 0.2) is 66.2 Å². The molecule has 3 aromatic carbocycles. The van der Waals surface area contributed by atoms with E-state index in [1.807, 2.05) is 0 Å². The van der Waals surface area contributed by atoms with Gasteiger partial charge in [0.1, 0.15) is 17.9 Å². The van der Waals surface area contributed by atoms with Crippen molar-refractivity contribution in [3.8, 4) is 5.75 Å². The zero-order chi connectivity index (χ0) is 26.0. The number of non-ortho nitro benzene ring substituents is 1. The van der Waals surface area contributed by atoms with E-state index in [1.54, 1.807) is 48.5 Å². The molecule has 0 aliphatic carbocycles. The quantitative estimate of drug-likeness (QED) is 0.0886. The van der Waals surface area contributed by atoms with Gasteiger partial charge in [-0.05, 0) is 88.4 Å². The van der Waals surface area contributed by atoms with Crippen molar-refractivity contribution in [2.45, 2.75) is 6.61 Å². The Balaban J connectivity index is 1.55. The van der Waals surface area contributed by atoms with E-state index >= 15 is 0 Å². The van der Waals surface area contributed by atoms with Crippen LogP contribution in [0.3, 0.4) is 0 Å². The minimum absolute atomic E-state index is 0.00368. The monoisotopic (exact) mass is 653 g/mol. The first-order valence-corrected chi connectivity index (χ1v) is 12.4. The lowest BCUT2D eigenvalue weighted by molar-refractivity contribution is -0.384. The van der Waals surface area contributed by atoms with E-state index in [2.05, 4.69) is 27.9 Å². The molecule has 2 amide bonds. The summed E-state index contributed by atoms with van der Waals surface area (Å²) in [6.07, 6.45) is 1.45. The highest BCUT2D eigenvalue weighted by molar-refractivity contribution is 14.1. The Morgan fingerprint density at radius 2 is 1.83 bits per heavy atom. The normalized spacial score (nSPS) is 14.7. The van der Waals surface area contributed by atoms with Crippen molar-refractivity contribution in [3.63, 3.8) is 0 Å². The van der Waals surface area contributed by atoms with Gasteiger partial charge in [0.15, 0.2) is 5.11 Å². The number of amides is 2. The third-order valence-corrected chi connectivity index (χ3v) is 7.02. The van der Waals surface area contributed by atoms with Crippen molar-refractivity contribution >= 4 is 92.4 Å². The molecule has 1 aliphatic rings. The van der Waals surface area contributed by atoms with Crippen LogP contribution in [0.25, 0.3) is 6.08 Å². The third kappa shape index (κ3) is 5.51. The van der Waals surface area contributed by atoms with Crippen LogP contribution >= 0.6 is 58.0 Å². The number of nitro groups is 1. The van der Waals surface area contributed by atoms with Crippen molar-refractivity contribution < 1.29 is 19.2 Å². The van der Waals surface area contributed by atoms with Crippen molar-refractivity contribution in [2.24, 2.45) is 0 Å². The van der Waals surface area contributed by atoms with E-state index in [1.165, 1.54) is 18.2 Å². The molecule has 0 aromatic heterocycles. The Morgan fingerprint density at radius 3 is 2.50 bits per heavy atom. The van der Waals surface area contributed by atoms with Crippen molar-refractivity contribution in [3.05, 3.63) is 101 Å². The second-order valence-electron chi connectivity index (χ2n) is 7.43. The van der Waals surface area contributed by atoms with Crippen LogP contribution < -0.4 is 15.0 Å². The van der Waals surface area contributed by atoms with Gasteiger partial charge in [-0.1, -0.05) is 35.3 Å². The number of nitro benzene ring substituents is 1. The van der Waals surface area contributed by atoms with Gasteiger partial charge in [0.05, 0.1) is 24.2 Å². The molecule has 0 spiro atoms. The summed E-state index contributed by atoms with van der Waals surface area (Å²) < 4.78 is 6.56. The number of anilines is 1. The predicted molar refractivity (Wildman–Crippen MR) is 149 cm³/mol. The van der Waals surface area contributed by atoms with Crippen molar-refractivity contribution in [2.75, 3.05) is 4.90 Å². The minimum Gasteiger partial charge on any atom is -0.488 e. The molecular weight excluding hydrogens is 640 g/mol. The lowest BCUT2D eigenvalue weighted by atomic mass is 10.1. The first-order chi connectivity index (χ1) is 17.2. The number of benzene rings is 3. The van der Waals surface area contributed by atoms with Crippen LogP contribution in [-0.2, 0) is 16.2 Å². The van der Waals surface area contributed by atoms with E-state index in [0.29, 0.717) is 11.3 Å². The van der Waals surface area contributed by atoms with Gasteiger partial charge in [-0.25, -0.2) is 0 Å². The number of carbonyl (C=O) groups is 2. The van der Waals surface area contributed by atoms with Crippen molar-refractivity contribution in [1.82, 2.24) is 5.32 Å². The average molecular weight is 654 g/mol. The molecule has 182 valence electrons. The van der Waals surface area contributed by atoms with Gasteiger partial charge >= 0.3 is 0 Å². The van der Waals surface area contributed by atoms with Gasteiger partial charge in [0.2, 0.25) is 0 Å². The fourth-order valence-corrected chi connectivity index (χ4v) is 4.66. The summed E-state index contributed by atoms with van der Waals surface area (Å²) in [6.45, 7) is 0.210. The van der Waals surface area contributed by atoms with Gasteiger partial charge < -0.3 is 4.74 Å². The molecule has 0 radical (unpaired) electrons. The summed E-state index contributed by atoms with van der Waals surface area (Å²) in [5.74, 6) is -0.696. The largest absolute Gasteiger partial charge is 0.488 e. The fourth-order valence-electron chi connectivity index (χ4n) is 3.31. The van der Waals surface area contributed by atoms with E-state index in [0.717, 1.165) is 14.0 Å². The average Bonchev–Trinajstić information content (AvgIpc) is 2.84. The molecule has 3 aromatic rings. The number of ether oxygens (including phenoxy) is 1. The fraction of sp³-hybridized carbons (Fsp3) is 0.0417. The van der Waals surface area contributed by atoms with Crippen LogP contribution in [0.4, 0.5) is 11.4 Å². The molecule has 0 bridgehead atoms. The molecule has 0 saturated carbocycles. The summed E-state index contributed by atoms with van der Waals surface area (Å²) in [5, 5.41) is 13.6. The zero-order valence-electron chi connectivity index (χ0n) is 18.0. The molecule has 1 N–H and O–H groups in total. The van der Waals surface area contributed by atoms with Crippen LogP contribution in [0.5, 0.6) is 5.75 Å². The minimum atomic E-state index is -0.638. The Bertz CT molecular complexity index is 1450. The van der Waals surface area contributed by atoms with Crippen LogP contribution in [0, 0.1) is 13.7 Å². The maximum absolute atomic E-state index is 13.2. The summed E-state index contributed by atoms with van der Waals surface area (Å²) in [4.78, 5) is 37.3. The number of rotatable bonds is 6. The zero-order valence-corrected chi connectivity index (χ0v) is 22.5. The molecule has 0 atom stereocenters. The van der Waals surface area contributed by atoms with E-state index in [4.69, 9.17) is 40.2 Å². The standard InChI is InChI=1S/C24H14Cl2IN3O5S/c25-17-2-1-3-19(21(17)26)29-23(32)16(22(31)28-24(29)36)10-14-6-9-20(18(27)11-14)35-12-13-4-7-15(8-5-13)30(33)34/h1-11H,12H2,(H,28,31,36)/b16-10+. The highest BCUT2D eigenvalue weighted by Crippen LogP contribution is 2.34. The molecule has 0 unspecified atom stereocenters. The molecular formula is C24H14Cl2IN3O5S. The van der Waals surface area contributed by atoms with Gasteiger partial charge in [0, 0.05) is 12.1 Å². The number of thiocarbonyl (C=S) groups is 1. The lowest BCUT2D eigenvalue weighted by Crippen LogP contribution is -2.54. The van der Waals surface area contributed by atoms with Gasteiger partial charge in [-0.2, -0.15) is 0 Å². The van der Waals surface area contributed by atoms with Crippen molar-refractivity contribution in [1.29, 1.82) is 0 Å². The van der Waals surface area contributed by atoms with E-state index < -0.39 is 16.7 Å². The second kappa shape index (κ2) is 10.9. The summed E-state index contributed by atoms with van der Waals surface area (Å²) in [6, 6.07) is 16.0. The maximum Gasteiger partial charge on any atom is 0.270 e. The lowest BCUT2D eigenvalue weighted by Gasteiger charge is -2.29. The molecule has 1 heterocycles. The van der Waals surface area contributed by atoms with Crippen LogP contribution in [0.2, 0.25) is 10.0 Å². The maximum atomic E-state index is 13.2. The molecule has 12 heteroatoms. The topological polar surface area (TPSA) is 102 Å². The van der Waals surface area contributed by atoms with Gasteiger partial charge in [-0.3, -0.25) is 29.9 Å². The molecule has 4 rings (SSSR count). The SMILES string of the molecule is O=C1NC(=S)N(c2cccc(Cl)c2Cl)C(=O)/C1=C/c1ccc(OCc2ccc([N+](=O)[O-])cc2)c(I)c1. The predicted octanol–water partition coefficient (Wildman–Crippen LogP) is 5.92. The number of hydrogen-bond donors (Lipinski definition) is 1. The Labute approximate surface area is 234 Å². The Hall–Kier alpha value is -3.06. The molecule has 36 heavy (non-hydrogen) atoms. The smallest absolute Gasteiger partial charge is 0.270 e. The summed E-state index contributed by atoms with van der Waals surface area (Å²) in [5.41, 5.74) is 1.49. The van der Waals surface area contributed by atoms with E-state index in [9.17, 15) is 19.7 Å². The first kappa shape index (κ1) is 26.0. The molecule has 1 saturated heterocycles. The van der Waals surface area contributed by atoms with Gasteiger partial charge in [-0.15, -0.1) is 0 Å². The summed E-state index contributed by atoms with van der Waals surface area (Å²) in [7, 11) is 0. The molecule has 1 fully saturated rings. The molecule has 8 nitrogen and oxygen atoms in total. The van der Waals surface area contributed by atoms with Crippen LogP contribution in [0.1, 0.15) is 11.1 Å². The highest BCUT2D eigenvalue weighted by Gasteiger charge is 2.35. The van der Waals surface area contributed by atoms with E-state index in [-0.39, 0.29) is 38.7 Å². The Kier molecular flexibility index (Phi) is 7.88. The number of hydrogen-bond acceptors (Lipinski definition) is 6. The Morgan fingerprint density at radius 1 is 1.11 bits per heavy atom. The first-order valence-electron chi connectivity index (χ1n) is 10.2. The second-order valence-corrected chi connectivity index (χ2v) is 9.77. The van der Waals surface area contributed by atoms with Crippen LogP contribution in [-0.4, -0.2) is 21.9 Å². The number of nitrogens with zero attached hydrogens (tertiary/aromatic N) is 2. The number of halogens is 3. The van der Waals surface area contributed by atoms with Gasteiger partial charge in [0.25, 0.3) is 17.5 Å². The highest BCUT2D eigenvalue weighted by atomic mass is 127. The number of carbonyl (C=O) groups excluding carboxylic acids is 2. The third-order valence-electron chi connectivity index (χ3n) is 5.08.